The summed E-state index contributed by atoms with van der Waals surface area (Å²) in [4.78, 5) is 13.7. The van der Waals surface area contributed by atoms with Crippen LogP contribution in [0, 0.1) is 5.82 Å². The summed E-state index contributed by atoms with van der Waals surface area (Å²) in [5.41, 5.74) is 4.38. The predicted molar refractivity (Wildman–Crippen MR) is 99.4 cm³/mol. The van der Waals surface area contributed by atoms with E-state index in [0.717, 1.165) is 34.4 Å². The average molecular weight is 350 g/mol. The van der Waals surface area contributed by atoms with E-state index in [-0.39, 0.29) is 11.8 Å². The number of amides is 2. The molecular weight excluding hydrogens is 331 g/mol. The van der Waals surface area contributed by atoms with Gasteiger partial charge in [0.25, 0.3) is 0 Å². The number of aryl methyl sites for hydroxylation is 1. The van der Waals surface area contributed by atoms with Gasteiger partial charge >= 0.3 is 6.03 Å². The van der Waals surface area contributed by atoms with Gasteiger partial charge in [-0.3, -0.25) is 9.58 Å². The lowest BCUT2D eigenvalue weighted by atomic mass is 9.96. The van der Waals surface area contributed by atoms with E-state index in [4.69, 9.17) is 0 Å². The fourth-order valence-electron chi connectivity index (χ4n) is 3.26. The zero-order valence-corrected chi connectivity index (χ0v) is 14.4. The molecule has 0 radical (unpaired) electrons. The van der Waals surface area contributed by atoms with Crippen molar-refractivity contribution in [3.05, 3.63) is 60.7 Å². The number of anilines is 1. The van der Waals surface area contributed by atoms with Crippen LogP contribution in [0.5, 0.6) is 0 Å². The van der Waals surface area contributed by atoms with E-state index in [1.165, 1.54) is 12.1 Å². The molecule has 1 saturated heterocycles. The molecule has 2 heterocycles. The third-order valence-corrected chi connectivity index (χ3v) is 4.57. The molecule has 26 heavy (non-hydrogen) atoms. The number of nitrogens with zero attached hydrogens (tertiary/aromatic N) is 3. The first-order valence-electron chi connectivity index (χ1n) is 8.56. The smallest absolute Gasteiger partial charge is 0.321 e. The quantitative estimate of drug-likeness (QED) is 0.781. The van der Waals surface area contributed by atoms with Gasteiger partial charge in [-0.15, -0.1) is 0 Å². The molecule has 132 valence electrons. The number of aromatic nitrogens is 2. The van der Waals surface area contributed by atoms with E-state index in [1.54, 1.807) is 21.8 Å². The highest BCUT2D eigenvalue weighted by Crippen LogP contribution is 2.33. The molecule has 0 atom stereocenters. The largest absolute Gasteiger partial charge is 0.338 e. The van der Waals surface area contributed by atoms with Gasteiger partial charge in [0.05, 0.1) is 6.20 Å². The Kier molecular flexibility index (Phi) is 4.16. The summed E-state index contributed by atoms with van der Waals surface area (Å²) in [6.07, 6.45) is 4.59. The van der Waals surface area contributed by atoms with E-state index >= 15 is 0 Å². The Morgan fingerprint density at radius 2 is 1.88 bits per heavy atom. The van der Waals surface area contributed by atoms with Crippen LogP contribution in [0.4, 0.5) is 14.9 Å². The fourth-order valence-corrected chi connectivity index (χ4v) is 3.26. The number of halogens is 1. The summed E-state index contributed by atoms with van der Waals surface area (Å²) in [6.45, 7) is 1.41. The standard InChI is InChI=1S/C20H19FN4O/c1-24-13-15(12-23-24)18-8-5-16(21)11-19(18)14-3-6-17(7-4-14)25-10-2-9-22-20(25)26/h3-8,11-13H,2,9-10H2,1H3,(H,22,26). The Morgan fingerprint density at radius 3 is 2.58 bits per heavy atom. The lowest BCUT2D eigenvalue weighted by Gasteiger charge is -2.27. The second kappa shape index (κ2) is 6.63. The maximum atomic E-state index is 13.9. The first-order valence-corrected chi connectivity index (χ1v) is 8.56. The van der Waals surface area contributed by atoms with Gasteiger partial charge in [-0.2, -0.15) is 5.10 Å². The molecule has 0 unspecified atom stereocenters. The number of rotatable bonds is 3. The first kappa shape index (κ1) is 16.3. The molecule has 6 heteroatoms. The van der Waals surface area contributed by atoms with E-state index in [2.05, 4.69) is 10.4 Å². The number of benzene rings is 2. The van der Waals surface area contributed by atoms with Crippen LogP contribution in [0.2, 0.25) is 0 Å². The summed E-state index contributed by atoms with van der Waals surface area (Å²) >= 11 is 0. The minimum atomic E-state index is -0.285. The SMILES string of the molecule is Cn1cc(-c2ccc(F)cc2-c2ccc(N3CCCNC3=O)cc2)cn1. The summed E-state index contributed by atoms with van der Waals surface area (Å²) in [5.74, 6) is -0.285. The van der Waals surface area contributed by atoms with Crippen molar-refractivity contribution in [1.29, 1.82) is 0 Å². The number of nitrogens with one attached hydrogen (secondary N) is 1. The normalized spacial score (nSPS) is 14.4. The molecular formula is C20H19FN4O. The zero-order chi connectivity index (χ0) is 18.1. The molecule has 0 bridgehead atoms. The van der Waals surface area contributed by atoms with Crippen molar-refractivity contribution < 1.29 is 9.18 Å². The van der Waals surface area contributed by atoms with E-state index in [1.807, 2.05) is 37.5 Å². The highest BCUT2D eigenvalue weighted by molar-refractivity contribution is 5.93. The van der Waals surface area contributed by atoms with Crippen molar-refractivity contribution >= 4 is 11.7 Å². The van der Waals surface area contributed by atoms with Crippen molar-refractivity contribution in [1.82, 2.24) is 15.1 Å². The van der Waals surface area contributed by atoms with Crippen LogP contribution in [-0.2, 0) is 7.05 Å². The van der Waals surface area contributed by atoms with Crippen LogP contribution in [0.3, 0.4) is 0 Å². The number of hydrogen-bond donors (Lipinski definition) is 1. The van der Waals surface area contributed by atoms with Gasteiger partial charge in [0.2, 0.25) is 0 Å². The van der Waals surface area contributed by atoms with Gasteiger partial charge in [0.15, 0.2) is 0 Å². The third-order valence-electron chi connectivity index (χ3n) is 4.57. The van der Waals surface area contributed by atoms with Crippen LogP contribution in [-0.4, -0.2) is 28.9 Å². The highest BCUT2D eigenvalue weighted by Gasteiger charge is 2.19. The maximum absolute atomic E-state index is 13.9. The molecule has 1 aliphatic heterocycles. The second-order valence-corrected chi connectivity index (χ2v) is 6.38. The van der Waals surface area contributed by atoms with Gasteiger partial charge in [-0.05, 0) is 47.4 Å². The van der Waals surface area contributed by atoms with Crippen LogP contribution in [0.25, 0.3) is 22.3 Å². The van der Waals surface area contributed by atoms with Crippen LogP contribution < -0.4 is 10.2 Å². The van der Waals surface area contributed by atoms with Crippen molar-refractivity contribution in [2.75, 3.05) is 18.0 Å². The molecule has 0 aliphatic carbocycles. The van der Waals surface area contributed by atoms with Crippen LogP contribution >= 0.6 is 0 Å². The van der Waals surface area contributed by atoms with E-state index in [0.29, 0.717) is 13.1 Å². The van der Waals surface area contributed by atoms with Gasteiger partial charge < -0.3 is 5.32 Å². The highest BCUT2D eigenvalue weighted by atomic mass is 19.1. The molecule has 2 amide bonds. The number of hydrogen-bond acceptors (Lipinski definition) is 2. The molecule has 3 aromatic rings. The van der Waals surface area contributed by atoms with Gasteiger partial charge in [-0.1, -0.05) is 18.2 Å². The minimum absolute atomic E-state index is 0.0780. The number of carbonyl (C=O) groups excluding carboxylic acids is 1. The molecule has 1 aliphatic rings. The number of carbonyl (C=O) groups is 1. The summed E-state index contributed by atoms with van der Waals surface area (Å²) in [6, 6.07) is 12.3. The zero-order valence-electron chi connectivity index (χ0n) is 14.4. The number of urea groups is 1. The Morgan fingerprint density at radius 1 is 1.08 bits per heavy atom. The maximum Gasteiger partial charge on any atom is 0.321 e. The molecule has 1 aromatic heterocycles. The van der Waals surface area contributed by atoms with E-state index in [9.17, 15) is 9.18 Å². The van der Waals surface area contributed by atoms with Gasteiger partial charge in [-0.25, -0.2) is 9.18 Å². The van der Waals surface area contributed by atoms with E-state index < -0.39 is 0 Å². The van der Waals surface area contributed by atoms with Crippen molar-refractivity contribution in [2.45, 2.75) is 6.42 Å². The molecule has 0 saturated carbocycles. The van der Waals surface area contributed by atoms with Crippen molar-refractivity contribution in [3.63, 3.8) is 0 Å². The summed E-state index contributed by atoms with van der Waals surface area (Å²) < 4.78 is 15.6. The summed E-state index contributed by atoms with van der Waals surface area (Å²) in [7, 11) is 1.85. The summed E-state index contributed by atoms with van der Waals surface area (Å²) in [5, 5.41) is 7.05. The molecule has 1 N–H and O–H groups in total. The molecule has 0 spiro atoms. The van der Waals surface area contributed by atoms with Crippen molar-refractivity contribution in [3.8, 4) is 22.3 Å². The van der Waals surface area contributed by atoms with Crippen LogP contribution in [0.1, 0.15) is 6.42 Å². The third kappa shape index (κ3) is 3.06. The van der Waals surface area contributed by atoms with Gasteiger partial charge in [0, 0.05) is 37.6 Å². The molecule has 1 fully saturated rings. The monoisotopic (exact) mass is 350 g/mol. The Labute approximate surface area is 151 Å². The molecule has 5 nitrogen and oxygen atoms in total. The lowest BCUT2D eigenvalue weighted by molar-refractivity contribution is 0.243. The Balaban J connectivity index is 1.71. The predicted octanol–water partition coefficient (Wildman–Crippen LogP) is 3.81. The lowest BCUT2D eigenvalue weighted by Crippen LogP contribution is -2.46. The Hall–Kier alpha value is -3.15. The molecule has 4 rings (SSSR count). The van der Waals surface area contributed by atoms with Crippen LogP contribution in [0.15, 0.2) is 54.9 Å². The average Bonchev–Trinajstić information content (AvgIpc) is 3.08. The second-order valence-electron chi connectivity index (χ2n) is 6.38. The topological polar surface area (TPSA) is 50.2 Å². The minimum Gasteiger partial charge on any atom is -0.338 e. The molecule has 2 aromatic carbocycles. The van der Waals surface area contributed by atoms with Crippen molar-refractivity contribution in [2.24, 2.45) is 7.05 Å². The fraction of sp³-hybridized carbons (Fsp3) is 0.200. The van der Waals surface area contributed by atoms with Gasteiger partial charge in [0.1, 0.15) is 5.82 Å². The first-order chi connectivity index (χ1) is 12.6. The Bertz CT molecular complexity index is 949.